The number of nitrogens with zero attached hydrogens (tertiary/aromatic N) is 2. The molecule has 0 N–H and O–H groups in total. The van der Waals surface area contributed by atoms with E-state index < -0.39 is 0 Å². The molecule has 2 nitrogen and oxygen atoms in total. The Morgan fingerprint density at radius 3 is 1.23 bits per heavy atom. The van der Waals surface area contributed by atoms with Crippen LogP contribution in [0.2, 0.25) is 0 Å². The van der Waals surface area contributed by atoms with Crippen molar-refractivity contribution in [2.24, 2.45) is 35.5 Å². The van der Waals surface area contributed by atoms with Crippen molar-refractivity contribution in [1.82, 2.24) is 9.80 Å². The summed E-state index contributed by atoms with van der Waals surface area (Å²) in [6.45, 7) is 20.1. The van der Waals surface area contributed by atoms with Crippen molar-refractivity contribution in [1.29, 1.82) is 0 Å². The van der Waals surface area contributed by atoms with Crippen molar-refractivity contribution in [3.8, 4) is 0 Å². The predicted molar refractivity (Wildman–Crippen MR) is 113 cm³/mol. The smallest absolute Gasteiger partial charge is 0.0130 e. The van der Waals surface area contributed by atoms with Gasteiger partial charge in [-0.25, -0.2) is 0 Å². The average molecular weight is 363 g/mol. The summed E-state index contributed by atoms with van der Waals surface area (Å²) in [7, 11) is 0. The van der Waals surface area contributed by atoms with Crippen LogP contribution in [0.15, 0.2) is 0 Å². The SMILES string of the molecule is CC(C)[C@@H]1CC[C@@H](C)C[C@H]1N1CCN([C@@H]2C[C@H](C)CC[C@H]2C(C)C)CC1. The Hall–Kier alpha value is -0.0800. The van der Waals surface area contributed by atoms with Crippen LogP contribution in [0.4, 0.5) is 0 Å². The first-order valence-corrected chi connectivity index (χ1v) is 11.8. The molecule has 1 heterocycles. The maximum atomic E-state index is 2.90. The van der Waals surface area contributed by atoms with E-state index >= 15 is 0 Å². The highest BCUT2D eigenvalue weighted by Gasteiger charge is 2.39. The Morgan fingerprint density at radius 2 is 0.923 bits per heavy atom. The zero-order valence-electron chi connectivity index (χ0n) is 18.6. The number of piperazine rings is 1. The predicted octanol–water partition coefficient (Wildman–Crippen LogP) is 5.53. The highest BCUT2D eigenvalue weighted by atomic mass is 15.3. The molecule has 6 atom stereocenters. The zero-order valence-corrected chi connectivity index (χ0v) is 18.6. The second-order valence-electron chi connectivity index (χ2n) is 10.9. The van der Waals surface area contributed by atoms with Crippen LogP contribution in [0.25, 0.3) is 0 Å². The Bertz CT molecular complexity index is 384. The minimum atomic E-state index is 0.843. The molecule has 0 unspecified atom stereocenters. The molecule has 0 aromatic carbocycles. The van der Waals surface area contributed by atoms with E-state index in [0.717, 1.165) is 47.6 Å². The molecule has 0 radical (unpaired) electrons. The molecule has 0 aromatic rings. The second kappa shape index (κ2) is 8.95. The van der Waals surface area contributed by atoms with Crippen LogP contribution in [0.5, 0.6) is 0 Å². The van der Waals surface area contributed by atoms with Crippen LogP contribution in [0.3, 0.4) is 0 Å². The number of hydrogen-bond donors (Lipinski definition) is 0. The van der Waals surface area contributed by atoms with E-state index in [9.17, 15) is 0 Å². The first-order chi connectivity index (χ1) is 12.4. The fraction of sp³-hybridized carbons (Fsp3) is 1.00. The quantitative estimate of drug-likeness (QED) is 0.649. The number of rotatable bonds is 4. The van der Waals surface area contributed by atoms with Crippen molar-refractivity contribution in [2.75, 3.05) is 26.2 Å². The summed E-state index contributed by atoms with van der Waals surface area (Å²) in [4.78, 5) is 5.79. The van der Waals surface area contributed by atoms with E-state index in [1.807, 2.05) is 0 Å². The number of hydrogen-bond acceptors (Lipinski definition) is 2. The van der Waals surface area contributed by atoms with Crippen LogP contribution in [0, 0.1) is 35.5 Å². The first-order valence-electron chi connectivity index (χ1n) is 11.8. The summed E-state index contributed by atoms with van der Waals surface area (Å²) in [6, 6.07) is 1.71. The van der Waals surface area contributed by atoms with Gasteiger partial charge < -0.3 is 0 Å². The van der Waals surface area contributed by atoms with Crippen LogP contribution in [0.1, 0.15) is 80.1 Å². The van der Waals surface area contributed by atoms with E-state index in [-0.39, 0.29) is 0 Å². The third kappa shape index (κ3) is 4.66. The molecule has 26 heavy (non-hydrogen) atoms. The second-order valence-corrected chi connectivity index (χ2v) is 10.9. The molecular formula is C24H46N2. The Labute approximate surface area is 164 Å². The Kier molecular flexibility index (Phi) is 7.11. The van der Waals surface area contributed by atoms with E-state index in [0.29, 0.717) is 0 Å². The lowest BCUT2D eigenvalue weighted by atomic mass is 9.72. The van der Waals surface area contributed by atoms with Gasteiger partial charge in [0.1, 0.15) is 0 Å². The van der Waals surface area contributed by atoms with Crippen molar-refractivity contribution in [2.45, 2.75) is 92.2 Å². The normalized spacial score (nSPS) is 41.1. The van der Waals surface area contributed by atoms with Crippen molar-refractivity contribution < 1.29 is 0 Å². The molecule has 152 valence electrons. The molecule has 3 rings (SSSR count). The summed E-state index contributed by atoms with van der Waals surface area (Å²) in [5.74, 6) is 5.40. The zero-order chi connectivity index (χ0) is 18.8. The van der Waals surface area contributed by atoms with Crippen molar-refractivity contribution in [3.05, 3.63) is 0 Å². The average Bonchev–Trinajstić information content (AvgIpc) is 2.61. The molecule has 2 aliphatic carbocycles. The van der Waals surface area contributed by atoms with Gasteiger partial charge in [-0.3, -0.25) is 9.80 Å². The van der Waals surface area contributed by atoms with E-state index in [2.05, 4.69) is 51.3 Å². The fourth-order valence-electron chi connectivity index (χ4n) is 6.54. The molecule has 3 fully saturated rings. The molecule has 3 aliphatic rings. The molecule has 2 heteroatoms. The van der Waals surface area contributed by atoms with Gasteiger partial charge in [0, 0.05) is 38.3 Å². The highest BCUT2D eigenvalue weighted by molar-refractivity contribution is 4.93. The molecule has 0 bridgehead atoms. The monoisotopic (exact) mass is 362 g/mol. The Balaban J connectivity index is 1.60. The molecule has 1 aliphatic heterocycles. The third-order valence-electron chi connectivity index (χ3n) is 8.26. The van der Waals surface area contributed by atoms with Gasteiger partial charge in [-0.2, -0.15) is 0 Å². The summed E-state index contributed by atoms with van der Waals surface area (Å²) >= 11 is 0. The van der Waals surface area contributed by atoms with Crippen molar-refractivity contribution >= 4 is 0 Å². The van der Waals surface area contributed by atoms with Crippen LogP contribution in [-0.2, 0) is 0 Å². The highest BCUT2D eigenvalue weighted by Crippen LogP contribution is 2.39. The topological polar surface area (TPSA) is 6.48 Å². The van der Waals surface area contributed by atoms with Gasteiger partial charge in [-0.05, 0) is 61.2 Å². The summed E-state index contributed by atoms with van der Waals surface area (Å²) in [6.07, 6.45) is 8.71. The molecular weight excluding hydrogens is 316 g/mol. The third-order valence-corrected chi connectivity index (χ3v) is 8.26. The summed E-state index contributed by atoms with van der Waals surface area (Å²) in [5, 5.41) is 0. The minimum Gasteiger partial charge on any atom is -0.298 e. The van der Waals surface area contributed by atoms with Crippen LogP contribution in [-0.4, -0.2) is 48.1 Å². The lowest BCUT2D eigenvalue weighted by Crippen LogP contribution is -2.58. The largest absolute Gasteiger partial charge is 0.298 e. The van der Waals surface area contributed by atoms with Gasteiger partial charge >= 0.3 is 0 Å². The minimum absolute atomic E-state index is 0.843. The maximum Gasteiger partial charge on any atom is 0.0130 e. The molecule has 1 saturated heterocycles. The first kappa shape index (κ1) is 20.6. The van der Waals surface area contributed by atoms with Crippen LogP contribution < -0.4 is 0 Å². The fourth-order valence-corrected chi connectivity index (χ4v) is 6.54. The van der Waals surface area contributed by atoms with Crippen LogP contribution >= 0.6 is 0 Å². The van der Waals surface area contributed by atoms with Gasteiger partial charge in [0.05, 0.1) is 0 Å². The van der Waals surface area contributed by atoms with Gasteiger partial charge in [-0.1, -0.05) is 54.4 Å². The van der Waals surface area contributed by atoms with Gasteiger partial charge in [0.25, 0.3) is 0 Å². The van der Waals surface area contributed by atoms with Gasteiger partial charge in [0.15, 0.2) is 0 Å². The lowest BCUT2D eigenvalue weighted by molar-refractivity contribution is -0.0153. The standard InChI is InChI=1S/C24H46N2/c1-17(2)21-9-7-19(5)15-23(21)25-11-13-26(14-12-25)24-16-20(6)8-10-22(24)18(3)4/h17-24H,7-16H2,1-6H3/t19-,20-,21+,22+,23-,24-/m1/s1. The van der Waals surface area contributed by atoms with Gasteiger partial charge in [0.2, 0.25) is 0 Å². The molecule has 0 aromatic heterocycles. The molecule has 2 saturated carbocycles. The van der Waals surface area contributed by atoms with E-state index in [1.165, 1.54) is 64.7 Å². The van der Waals surface area contributed by atoms with E-state index in [1.54, 1.807) is 0 Å². The molecule has 0 amide bonds. The maximum absolute atomic E-state index is 2.90. The summed E-state index contributed by atoms with van der Waals surface area (Å²) in [5.41, 5.74) is 0. The lowest BCUT2D eigenvalue weighted by Gasteiger charge is -2.50. The van der Waals surface area contributed by atoms with Crippen molar-refractivity contribution in [3.63, 3.8) is 0 Å². The summed E-state index contributed by atoms with van der Waals surface area (Å²) < 4.78 is 0. The molecule has 0 spiro atoms. The Morgan fingerprint density at radius 1 is 0.577 bits per heavy atom. The van der Waals surface area contributed by atoms with E-state index in [4.69, 9.17) is 0 Å². The van der Waals surface area contributed by atoms with Gasteiger partial charge in [-0.15, -0.1) is 0 Å².